The van der Waals surface area contributed by atoms with E-state index < -0.39 is 0 Å². The van der Waals surface area contributed by atoms with Gasteiger partial charge < -0.3 is 9.72 Å². The first-order valence-corrected chi connectivity index (χ1v) is 6.64. The van der Waals surface area contributed by atoms with Gasteiger partial charge in [0.1, 0.15) is 0 Å². The Morgan fingerprint density at radius 2 is 2.29 bits per heavy atom. The molecule has 1 aliphatic carbocycles. The van der Waals surface area contributed by atoms with Crippen molar-refractivity contribution in [3.63, 3.8) is 0 Å². The minimum absolute atomic E-state index is 0.559. The van der Waals surface area contributed by atoms with Gasteiger partial charge in [-0.1, -0.05) is 13.0 Å². The van der Waals surface area contributed by atoms with E-state index in [-0.39, 0.29) is 0 Å². The summed E-state index contributed by atoms with van der Waals surface area (Å²) >= 11 is 0. The molecule has 0 saturated carbocycles. The highest BCUT2D eigenvalue weighted by Crippen LogP contribution is 2.35. The fraction of sp³-hybridized carbons (Fsp3) is 0.467. The minimum atomic E-state index is 0.559. The lowest BCUT2D eigenvalue weighted by atomic mass is 9.90. The Kier molecular flexibility index (Phi) is 2.67. The number of aryl methyl sites for hydroxylation is 2. The van der Waals surface area contributed by atoms with E-state index in [1.807, 2.05) is 0 Å². The predicted octanol–water partition coefficient (Wildman–Crippen LogP) is 3.23. The zero-order valence-electron chi connectivity index (χ0n) is 10.7. The molecule has 3 rings (SSSR count). The maximum absolute atomic E-state index is 3.63. The monoisotopic (exact) mass is 228 g/mol. The number of aromatic nitrogens is 1. The molecule has 2 heteroatoms. The number of nitrogens with one attached hydrogen (secondary N) is 1. The lowest BCUT2D eigenvalue weighted by Crippen LogP contribution is -2.25. The van der Waals surface area contributed by atoms with Crippen LogP contribution in [0, 0.1) is 6.92 Å². The number of pyridine rings is 1. The lowest BCUT2D eigenvalue weighted by Gasteiger charge is -2.24. The van der Waals surface area contributed by atoms with Gasteiger partial charge in [0.05, 0.1) is 0 Å². The Morgan fingerprint density at radius 1 is 1.41 bits per heavy atom. The van der Waals surface area contributed by atoms with Crippen molar-refractivity contribution in [3.05, 3.63) is 41.2 Å². The zero-order chi connectivity index (χ0) is 11.8. The smallest absolute Gasteiger partial charge is 0.0485 e. The quantitative estimate of drug-likeness (QED) is 0.834. The van der Waals surface area contributed by atoms with Gasteiger partial charge in [0, 0.05) is 23.4 Å². The fourth-order valence-corrected chi connectivity index (χ4v) is 3.25. The SMILES string of the molecule is CCNC1CCCc2c1c(C)c1ccccn21. The maximum Gasteiger partial charge on any atom is 0.0485 e. The third kappa shape index (κ3) is 1.59. The second-order valence-corrected chi connectivity index (χ2v) is 4.94. The van der Waals surface area contributed by atoms with Gasteiger partial charge in [-0.25, -0.2) is 0 Å². The summed E-state index contributed by atoms with van der Waals surface area (Å²) in [7, 11) is 0. The summed E-state index contributed by atoms with van der Waals surface area (Å²) in [5.74, 6) is 0. The lowest BCUT2D eigenvalue weighted by molar-refractivity contribution is 0.466. The van der Waals surface area contributed by atoms with Gasteiger partial charge in [0.25, 0.3) is 0 Å². The molecule has 0 aliphatic heterocycles. The van der Waals surface area contributed by atoms with E-state index in [1.54, 1.807) is 5.56 Å². The van der Waals surface area contributed by atoms with Crippen LogP contribution in [0.5, 0.6) is 0 Å². The van der Waals surface area contributed by atoms with Crippen molar-refractivity contribution in [1.82, 2.24) is 9.72 Å². The van der Waals surface area contributed by atoms with E-state index in [0.29, 0.717) is 6.04 Å². The van der Waals surface area contributed by atoms with Crippen molar-refractivity contribution >= 4 is 5.52 Å². The fourth-order valence-electron chi connectivity index (χ4n) is 3.25. The van der Waals surface area contributed by atoms with Crippen molar-refractivity contribution in [1.29, 1.82) is 0 Å². The Balaban J connectivity index is 2.22. The number of nitrogens with zero attached hydrogens (tertiary/aromatic N) is 1. The molecule has 2 nitrogen and oxygen atoms in total. The molecule has 1 unspecified atom stereocenters. The molecule has 17 heavy (non-hydrogen) atoms. The first-order chi connectivity index (χ1) is 8.33. The van der Waals surface area contributed by atoms with Gasteiger partial charge >= 0.3 is 0 Å². The van der Waals surface area contributed by atoms with Crippen LogP contribution in [0.2, 0.25) is 0 Å². The van der Waals surface area contributed by atoms with E-state index in [4.69, 9.17) is 0 Å². The Hall–Kier alpha value is -1.28. The Bertz CT molecular complexity index is 539. The molecule has 0 fully saturated rings. The first kappa shape index (κ1) is 10.8. The van der Waals surface area contributed by atoms with Gasteiger partial charge in [0.2, 0.25) is 0 Å². The molecule has 0 saturated heterocycles. The summed E-state index contributed by atoms with van der Waals surface area (Å²) in [4.78, 5) is 0. The molecule has 2 aromatic heterocycles. The van der Waals surface area contributed by atoms with Crippen LogP contribution in [-0.4, -0.2) is 10.9 Å². The minimum Gasteiger partial charge on any atom is -0.320 e. The van der Waals surface area contributed by atoms with E-state index in [9.17, 15) is 0 Å². The molecule has 0 amide bonds. The predicted molar refractivity (Wildman–Crippen MR) is 71.5 cm³/mol. The number of rotatable bonds is 2. The number of fused-ring (bicyclic) bond motifs is 3. The van der Waals surface area contributed by atoms with Crippen molar-refractivity contribution in [3.8, 4) is 0 Å². The van der Waals surface area contributed by atoms with Crippen LogP contribution in [0.4, 0.5) is 0 Å². The van der Waals surface area contributed by atoms with Gasteiger partial charge in [-0.15, -0.1) is 0 Å². The normalized spacial score (nSPS) is 19.5. The average molecular weight is 228 g/mol. The summed E-state index contributed by atoms with van der Waals surface area (Å²) < 4.78 is 2.38. The largest absolute Gasteiger partial charge is 0.320 e. The molecule has 2 heterocycles. The number of hydrogen-bond acceptors (Lipinski definition) is 1. The van der Waals surface area contributed by atoms with E-state index in [2.05, 4.69) is 48.0 Å². The Labute approximate surface area is 103 Å². The highest BCUT2D eigenvalue weighted by molar-refractivity contribution is 5.62. The molecule has 1 N–H and O–H groups in total. The zero-order valence-corrected chi connectivity index (χ0v) is 10.7. The van der Waals surface area contributed by atoms with Gasteiger partial charge in [-0.2, -0.15) is 0 Å². The van der Waals surface area contributed by atoms with Crippen LogP contribution in [-0.2, 0) is 6.42 Å². The van der Waals surface area contributed by atoms with E-state index in [1.165, 1.54) is 36.0 Å². The van der Waals surface area contributed by atoms with Gasteiger partial charge in [-0.3, -0.25) is 0 Å². The summed E-state index contributed by atoms with van der Waals surface area (Å²) in [5.41, 5.74) is 5.92. The average Bonchev–Trinajstić information content (AvgIpc) is 2.66. The van der Waals surface area contributed by atoms with Crippen molar-refractivity contribution in [2.24, 2.45) is 0 Å². The maximum atomic E-state index is 3.63. The standard InChI is InChI=1S/C15H20N2/c1-3-16-12-7-6-9-14-15(12)11(2)13-8-4-5-10-17(13)14/h4-5,8,10,12,16H,3,6-7,9H2,1-2H3. The molecule has 90 valence electrons. The highest BCUT2D eigenvalue weighted by Gasteiger charge is 2.25. The van der Waals surface area contributed by atoms with Gasteiger partial charge in [-0.05, 0) is 56.0 Å². The summed E-state index contributed by atoms with van der Waals surface area (Å²) in [6, 6.07) is 7.06. The van der Waals surface area contributed by atoms with Crippen LogP contribution in [0.15, 0.2) is 24.4 Å². The first-order valence-electron chi connectivity index (χ1n) is 6.64. The van der Waals surface area contributed by atoms with Gasteiger partial charge in [0.15, 0.2) is 0 Å². The highest BCUT2D eigenvalue weighted by atomic mass is 15.0. The second-order valence-electron chi connectivity index (χ2n) is 4.94. The topological polar surface area (TPSA) is 16.4 Å². The second kappa shape index (κ2) is 4.19. The molecular weight excluding hydrogens is 208 g/mol. The van der Waals surface area contributed by atoms with Crippen molar-refractivity contribution in [2.75, 3.05) is 6.54 Å². The molecule has 1 atom stereocenters. The molecule has 0 aromatic carbocycles. The third-order valence-electron chi connectivity index (χ3n) is 3.96. The van der Waals surface area contributed by atoms with Crippen molar-refractivity contribution in [2.45, 2.75) is 39.2 Å². The third-order valence-corrected chi connectivity index (χ3v) is 3.96. The van der Waals surface area contributed by atoms with Crippen molar-refractivity contribution < 1.29 is 0 Å². The molecule has 0 radical (unpaired) electrons. The molecule has 1 aliphatic rings. The van der Waals surface area contributed by atoms with E-state index in [0.717, 1.165) is 6.54 Å². The summed E-state index contributed by atoms with van der Waals surface area (Å²) in [6.07, 6.45) is 6.00. The molecule has 2 aromatic rings. The summed E-state index contributed by atoms with van der Waals surface area (Å²) in [5, 5.41) is 3.63. The molecule has 0 spiro atoms. The van der Waals surface area contributed by atoms with Crippen LogP contribution in [0.1, 0.15) is 42.6 Å². The molecule has 0 bridgehead atoms. The number of hydrogen-bond donors (Lipinski definition) is 1. The van der Waals surface area contributed by atoms with Crippen LogP contribution in [0.25, 0.3) is 5.52 Å². The molecular formula is C15H20N2. The van der Waals surface area contributed by atoms with Crippen LogP contribution in [0.3, 0.4) is 0 Å². The summed E-state index contributed by atoms with van der Waals surface area (Å²) in [6.45, 7) is 5.51. The van der Waals surface area contributed by atoms with Crippen LogP contribution >= 0.6 is 0 Å². The Morgan fingerprint density at radius 3 is 3.12 bits per heavy atom. The van der Waals surface area contributed by atoms with Crippen LogP contribution < -0.4 is 5.32 Å². The van der Waals surface area contributed by atoms with E-state index >= 15 is 0 Å².